The molecule has 1 aromatic heterocycles. The normalized spacial score (nSPS) is 18.4. The fourth-order valence-corrected chi connectivity index (χ4v) is 5.37. The molecule has 1 aromatic carbocycles. The number of hydrogen-bond acceptors (Lipinski definition) is 6. The van der Waals surface area contributed by atoms with Crippen LogP contribution in [0, 0.1) is 0 Å². The van der Waals surface area contributed by atoms with Crippen molar-refractivity contribution in [2.24, 2.45) is 0 Å². The van der Waals surface area contributed by atoms with Gasteiger partial charge in [-0.25, -0.2) is 13.4 Å². The molecule has 1 aliphatic heterocycles. The number of rotatable bonds is 8. The number of H-pyrrole nitrogens is 1. The molecule has 1 aliphatic rings. The first-order valence-corrected chi connectivity index (χ1v) is 11.7. The number of sulfone groups is 1. The number of aromatic nitrogens is 2. The number of amides is 1. The van der Waals surface area contributed by atoms with Gasteiger partial charge in [-0.3, -0.25) is 9.59 Å². The lowest BCUT2D eigenvalue weighted by molar-refractivity contribution is -0.133. The topological polar surface area (TPSA) is 103 Å². The summed E-state index contributed by atoms with van der Waals surface area (Å²) in [4.78, 5) is 36.0. The zero-order valence-corrected chi connectivity index (χ0v) is 17.7. The molecule has 3 rings (SSSR count). The van der Waals surface area contributed by atoms with Crippen molar-refractivity contribution in [1.82, 2.24) is 19.8 Å². The van der Waals surface area contributed by atoms with E-state index in [1.807, 2.05) is 25.1 Å². The molecule has 8 nitrogen and oxygen atoms in total. The maximum absolute atomic E-state index is 12.8. The molecule has 9 heteroatoms. The second kappa shape index (κ2) is 9.04. The Balaban J connectivity index is 1.63. The number of benzene rings is 1. The number of carbonyl (C=O) groups excluding carboxylic acids is 1. The molecule has 1 saturated heterocycles. The van der Waals surface area contributed by atoms with Crippen LogP contribution in [0.2, 0.25) is 0 Å². The van der Waals surface area contributed by atoms with E-state index in [0.717, 1.165) is 0 Å². The second-order valence-corrected chi connectivity index (χ2v) is 10.1. The lowest BCUT2D eigenvalue weighted by atomic mass is 10.1. The zero-order chi connectivity index (χ0) is 21.0. The van der Waals surface area contributed by atoms with E-state index in [1.165, 1.54) is 0 Å². The van der Waals surface area contributed by atoms with Crippen molar-refractivity contribution in [3.63, 3.8) is 0 Å². The van der Waals surface area contributed by atoms with Crippen molar-refractivity contribution in [1.29, 1.82) is 0 Å². The van der Waals surface area contributed by atoms with Gasteiger partial charge in [-0.2, -0.15) is 0 Å². The summed E-state index contributed by atoms with van der Waals surface area (Å²) in [5.74, 6) is 0.707. The van der Waals surface area contributed by atoms with Crippen molar-refractivity contribution in [2.45, 2.75) is 31.7 Å². The summed E-state index contributed by atoms with van der Waals surface area (Å²) in [5.41, 5.74) is 0.460. The molecule has 0 aliphatic carbocycles. The maximum Gasteiger partial charge on any atom is 0.258 e. The van der Waals surface area contributed by atoms with E-state index in [9.17, 15) is 18.0 Å². The number of nitrogens with zero attached hydrogens (tertiary/aromatic N) is 3. The van der Waals surface area contributed by atoms with Crippen LogP contribution in [0.3, 0.4) is 0 Å². The van der Waals surface area contributed by atoms with Gasteiger partial charge in [-0.05, 0) is 39.1 Å². The third-order valence-electron chi connectivity index (χ3n) is 5.22. The average Bonchev–Trinajstić information content (AvgIpc) is 3.01. The van der Waals surface area contributed by atoms with Crippen LogP contribution in [0.15, 0.2) is 29.1 Å². The third kappa shape index (κ3) is 5.63. The lowest BCUT2D eigenvalue weighted by Gasteiger charge is -2.29. The first kappa shape index (κ1) is 21.4. The van der Waals surface area contributed by atoms with Gasteiger partial charge in [0.2, 0.25) is 5.91 Å². The largest absolute Gasteiger partial charge is 0.337 e. The number of nitrogens with one attached hydrogen (secondary N) is 1. The minimum atomic E-state index is -3.06. The van der Waals surface area contributed by atoms with Gasteiger partial charge >= 0.3 is 0 Å². The first-order valence-electron chi connectivity index (χ1n) is 9.88. The van der Waals surface area contributed by atoms with Gasteiger partial charge in [0.1, 0.15) is 5.82 Å². The summed E-state index contributed by atoms with van der Waals surface area (Å²) in [5, 5.41) is 0.546. The molecular weight excluding hydrogens is 392 g/mol. The standard InChI is InChI=1S/C20H28N4O4S/c1-23(2)11-12-24(15-10-13-29(27,28)14-15)19(25)9-5-8-18-21-17-7-4-3-6-16(17)20(26)22-18/h3-4,6-7,15H,5,8-14H2,1-2H3,(H,21,22,26). The molecule has 1 amide bonds. The van der Waals surface area contributed by atoms with Crippen molar-refractivity contribution < 1.29 is 13.2 Å². The van der Waals surface area contributed by atoms with Gasteiger partial charge < -0.3 is 14.8 Å². The van der Waals surface area contributed by atoms with Crippen molar-refractivity contribution in [3.8, 4) is 0 Å². The van der Waals surface area contributed by atoms with E-state index in [-0.39, 0.29) is 29.0 Å². The smallest absolute Gasteiger partial charge is 0.258 e. The van der Waals surface area contributed by atoms with E-state index in [0.29, 0.717) is 55.5 Å². The van der Waals surface area contributed by atoms with Crippen LogP contribution < -0.4 is 5.56 Å². The molecule has 29 heavy (non-hydrogen) atoms. The molecular formula is C20H28N4O4S. The lowest BCUT2D eigenvalue weighted by Crippen LogP contribution is -2.44. The monoisotopic (exact) mass is 420 g/mol. The quantitative estimate of drug-likeness (QED) is 0.678. The van der Waals surface area contributed by atoms with Gasteiger partial charge in [0.15, 0.2) is 9.84 Å². The highest BCUT2D eigenvalue weighted by atomic mass is 32.2. The summed E-state index contributed by atoms with van der Waals surface area (Å²) < 4.78 is 23.7. The Hall–Kier alpha value is -2.26. The molecule has 0 saturated carbocycles. The molecule has 0 spiro atoms. The number of hydrogen-bond donors (Lipinski definition) is 1. The van der Waals surface area contributed by atoms with Gasteiger partial charge in [-0.15, -0.1) is 0 Å². The van der Waals surface area contributed by atoms with Crippen LogP contribution in [0.1, 0.15) is 25.1 Å². The van der Waals surface area contributed by atoms with E-state index in [2.05, 4.69) is 9.97 Å². The molecule has 2 heterocycles. The third-order valence-corrected chi connectivity index (χ3v) is 6.97. The van der Waals surface area contributed by atoms with Crippen molar-refractivity contribution in [3.05, 3.63) is 40.4 Å². The molecule has 0 bridgehead atoms. The highest BCUT2D eigenvalue weighted by molar-refractivity contribution is 7.91. The molecule has 1 atom stereocenters. The number of fused-ring (bicyclic) bond motifs is 1. The number of likely N-dealkylation sites (N-methyl/N-ethyl adjacent to an activating group) is 1. The van der Waals surface area contributed by atoms with Crippen molar-refractivity contribution >= 4 is 26.6 Å². The van der Waals surface area contributed by atoms with Gasteiger partial charge in [0.05, 0.1) is 22.4 Å². The van der Waals surface area contributed by atoms with Crippen LogP contribution in [0.4, 0.5) is 0 Å². The summed E-state index contributed by atoms with van der Waals surface area (Å²) in [6, 6.07) is 6.91. The Morgan fingerprint density at radius 1 is 1.24 bits per heavy atom. The van der Waals surface area contributed by atoms with Crippen LogP contribution in [0.5, 0.6) is 0 Å². The highest BCUT2D eigenvalue weighted by Crippen LogP contribution is 2.19. The number of aromatic amines is 1. The minimum absolute atomic E-state index is 0.0444. The summed E-state index contributed by atoms with van der Waals surface area (Å²) in [7, 11) is 0.794. The zero-order valence-electron chi connectivity index (χ0n) is 16.9. The molecule has 158 valence electrons. The van der Waals surface area contributed by atoms with E-state index in [4.69, 9.17) is 0 Å². The highest BCUT2D eigenvalue weighted by Gasteiger charge is 2.34. The second-order valence-electron chi connectivity index (χ2n) is 7.83. The molecule has 0 radical (unpaired) electrons. The maximum atomic E-state index is 12.8. The van der Waals surface area contributed by atoms with Crippen molar-refractivity contribution in [2.75, 3.05) is 38.7 Å². The van der Waals surface area contributed by atoms with Gasteiger partial charge in [-0.1, -0.05) is 12.1 Å². The van der Waals surface area contributed by atoms with Crippen LogP contribution >= 0.6 is 0 Å². The van der Waals surface area contributed by atoms with Gasteiger partial charge in [0, 0.05) is 32.0 Å². The summed E-state index contributed by atoms with van der Waals surface area (Å²) >= 11 is 0. The Labute approximate surface area is 170 Å². The van der Waals surface area contributed by atoms with Crippen LogP contribution in [0.25, 0.3) is 10.9 Å². The summed E-state index contributed by atoms with van der Waals surface area (Å²) in [6.45, 7) is 1.19. The van der Waals surface area contributed by atoms with E-state index < -0.39 is 9.84 Å². The Morgan fingerprint density at radius 2 is 2.00 bits per heavy atom. The summed E-state index contributed by atoms with van der Waals surface area (Å²) in [6.07, 6.45) is 1.82. The van der Waals surface area contributed by atoms with E-state index >= 15 is 0 Å². The fraction of sp³-hybridized carbons (Fsp3) is 0.550. The average molecular weight is 421 g/mol. The molecule has 1 N–H and O–H groups in total. The molecule has 1 unspecified atom stereocenters. The number of carbonyl (C=O) groups is 1. The molecule has 2 aromatic rings. The number of aryl methyl sites for hydroxylation is 1. The number of para-hydroxylation sites is 1. The Kier molecular flexibility index (Phi) is 6.69. The fourth-order valence-electron chi connectivity index (χ4n) is 3.64. The Morgan fingerprint density at radius 3 is 2.69 bits per heavy atom. The first-order chi connectivity index (χ1) is 13.7. The Bertz CT molecular complexity index is 1030. The minimum Gasteiger partial charge on any atom is -0.337 e. The van der Waals surface area contributed by atoms with Gasteiger partial charge in [0.25, 0.3) is 5.56 Å². The van der Waals surface area contributed by atoms with E-state index in [1.54, 1.807) is 23.1 Å². The predicted molar refractivity (Wildman–Crippen MR) is 113 cm³/mol. The SMILES string of the molecule is CN(C)CCN(C(=O)CCCc1nc2ccccc2c(=O)[nH]1)C1CCS(=O)(=O)C1. The molecule has 1 fully saturated rings. The van der Waals surface area contributed by atoms with Crippen LogP contribution in [-0.2, 0) is 21.1 Å². The predicted octanol–water partition coefficient (Wildman–Crippen LogP) is 0.823. The van der Waals surface area contributed by atoms with Crippen LogP contribution in [-0.4, -0.2) is 78.8 Å².